The molecule has 21 heavy (non-hydrogen) atoms. The van der Waals surface area contributed by atoms with Crippen LogP contribution in [0.1, 0.15) is 12.8 Å². The molecule has 1 aliphatic rings. The number of nitrogens with two attached hydrogens (primary N) is 1. The quantitative estimate of drug-likeness (QED) is 0.626. The van der Waals surface area contributed by atoms with Gasteiger partial charge in [-0.15, -0.1) is 0 Å². The molecular weight excluding hydrogens is 354 g/mol. The standard InChI is InChI=1S/C12H14BrN7S/c13-8-3-4-9(15-7-8)21-12-17-10(19-14)16-11(18-12)20-5-1-2-6-20/h3-4,7H,1-2,5-6,14H2,(H,16,17,18,19). The molecule has 0 amide bonds. The summed E-state index contributed by atoms with van der Waals surface area (Å²) in [5.41, 5.74) is 2.50. The van der Waals surface area contributed by atoms with Crippen LogP contribution in [0.25, 0.3) is 0 Å². The molecule has 0 saturated carbocycles. The first kappa shape index (κ1) is 14.5. The van der Waals surface area contributed by atoms with Crippen LogP contribution in [0, 0.1) is 0 Å². The highest BCUT2D eigenvalue weighted by Crippen LogP contribution is 2.26. The number of pyridine rings is 1. The van der Waals surface area contributed by atoms with E-state index in [9.17, 15) is 0 Å². The van der Waals surface area contributed by atoms with Crippen LogP contribution in [0.3, 0.4) is 0 Å². The molecule has 0 unspecified atom stereocenters. The zero-order valence-corrected chi connectivity index (χ0v) is 13.6. The zero-order valence-electron chi connectivity index (χ0n) is 11.2. The van der Waals surface area contributed by atoms with E-state index in [1.807, 2.05) is 12.1 Å². The number of aromatic nitrogens is 4. The molecule has 110 valence electrons. The van der Waals surface area contributed by atoms with Gasteiger partial charge in [0.25, 0.3) is 0 Å². The van der Waals surface area contributed by atoms with E-state index in [1.165, 1.54) is 11.8 Å². The second-order valence-electron chi connectivity index (χ2n) is 4.50. The Labute approximate surface area is 134 Å². The van der Waals surface area contributed by atoms with Crippen molar-refractivity contribution in [2.45, 2.75) is 23.0 Å². The number of halogens is 1. The summed E-state index contributed by atoms with van der Waals surface area (Å²) < 4.78 is 0.935. The van der Waals surface area contributed by atoms with Crippen LogP contribution in [0.2, 0.25) is 0 Å². The fraction of sp³-hybridized carbons (Fsp3) is 0.333. The van der Waals surface area contributed by atoms with Gasteiger partial charge in [0.05, 0.1) is 0 Å². The predicted molar refractivity (Wildman–Crippen MR) is 85.1 cm³/mol. The SMILES string of the molecule is NNc1nc(Sc2ccc(Br)cn2)nc(N2CCCC2)n1. The van der Waals surface area contributed by atoms with Gasteiger partial charge in [-0.05, 0) is 52.7 Å². The van der Waals surface area contributed by atoms with Gasteiger partial charge >= 0.3 is 0 Å². The molecule has 3 heterocycles. The first-order valence-electron chi connectivity index (χ1n) is 6.51. The normalized spacial score (nSPS) is 14.5. The Morgan fingerprint density at radius 1 is 1.19 bits per heavy atom. The van der Waals surface area contributed by atoms with Crippen LogP contribution >= 0.6 is 27.7 Å². The van der Waals surface area contributed by atoms with Crippen molar-refractivity contribution in [3.05, 3.63) is 22.8 Å². The second-order valence-corrected chi connectivity index (χ2v) is 6.40. The molecule has 9 heteroatoms. The van der Waals surface area contributed by atoms with Crippen molar-refractivity contribution in [1.29, 1.82) is 0 Å². The van der Waals surface area contributed by atoms with E-state index in [0.29, 0.717) is 17.1 Å². The topological polar surface area (TPSA) is 92.8 Å². The molecule has 0 aromatic carbocycles. The summed E-state index contributed by atoms with van der Waals surface area (Å²) in [6.45, 7) is 1.93. The molecule has 0 spiro atoms. The van der Waals surface area contributed by atoms with Crippen molar-refractivity contribution >= 4 is 39.6 Å². The van der Waals surface area contributed by atoms with Crippen molar-refractivity contribution < 1.29 is 0 Å². The number of anilines is 2. The maximum Gasteiger partial charge on any atom is 0.242 e. The summed E-state index contributed by atoms with van der Waals surface area (Å²) in [4.78, 5) is 19.5. The molecule has 3 rings (SSSR count). The summed E-state index contributed by atoms with van der Waals surface area (Å²) in [6.07, 6.45) is 4.06. The Kier molecular flexibility index (Phi) is 4.51. The van der Waals surface area contributed by atoms with Crippen LogP contribution in [0.4, 0.5) is 11.9 Å². The Morgan fingerprint density at radius 3 is 2.67 bits per heavy atom. The van der Waals surface area contributed by atoms with Gasteiger partial charge in [-0.2, -0.15) is 15.0 Å². The lowest BCUT2D eigenvalue weighted by atomic mass is 10.4. The van der Waals surface area contributed by atoms with Gasteiger partial charge in [-0.1, -0.05) is 0 Å². The highest BCUT2D eigenvalue weighted by molar-refractivity contribution is 9.10. The Balaban J connectivity index is 1.86. The minimum atomic E-state index is 0.367. The average molecular weight is 368 g/mol. The first-order valence-corrected chi connectivity index (χ1v) is 8.12. The molecule has 2 aromatic rings. The molecule has 2 aromatic heterocycles. The highest BCUT2D eigenvalue weighted by Gasteiger charge is 2.17. The largest absolute Gasteiger partial charge is 0.341 e. The first-order chi connectivity index (χ1) is 10.2. The monoisotopic (exact) mass is 367 g/mol. The van der Waals surface area contributed by atoms with Crippen molar-refractivity contribution in [3.8, 4) is 0 Å². The molecule has 0 bridgehead atoms. The summed E-state index contributed by atoms with van der Waals surface area (Å²) in [5.74, 6) is 6.48. The predicted octanol–water partition coefficient (Wildman–Crippen LogP) is 2.07. The zero-order chi connectivity index (χ0) is 14.7. The maximum atomic E-state index is 5.45. The smallest absolute Gasteiger partial charge is 0.242 e. The Morgan fingerprint density at radius 2 is 2.00 bits per heavy atom. The van der Waals surface area contributed by atoms with Crippen LogP contribution in [0.5, 0.6) is 0 Å². The number of nitrogens with one attached hydrogen (secondary N) is 1. The van der Waals surface area contributed by atoms with E-state index in [2.05, 4.69) is 46.2 Å². The second kappa shape index (κ2) is 6.54. The number of hydrogen-bond acceptors (Lipinski definition) is 8. The number of nitrogens with zero attached hydrogens (tertiary/aromatic N) is 5. The molecule has 7 nitrogen and oxygen atoms in total. The van der Waals surface area contributed by atoms with Crippen LogP contribution in [-0.2, 0) is 0 Å². The molecule has 1 fully saturated rings. The third kappa shape index (κ3) is 3.60. The summed E-state index contributed by atoms with van der Waals surface area (Å²) >= 11 is 4.75. The summed E-state index contributed by atoms with van der Waals surface area (Å²) in [5, 5.41) is 1.40. The van der Waals surface area contributed by atoms with E-state index in [1.54, 1.807) is 6.20 Å². The fourth-order valence-electron chi connectivity index (χ4n) is 2.03. The van der Waals surface area contributed by atoms with Gasteiger partial charge in [0.15, 0.2) is 0 Å². The molecule has 0 radical (unpaired) electrons. The average Bonchev–Trinajstić information content (AvgIpc) is 3.04. The lowest BCUT2D eigenvalue weighted by Gasteiger charge is -2.16. The lowest BCUT2D eigenvalue weighted by molar-refractivity contribution is 0.826. The fourth-order valence-corrected chi connectivity index (χ4v) is 2.95. The molecule has 0 atom stereocenters. The van der Waals surface area contributed by atoms with E-state index >= 15 is 0 Å². The third-order valence-electron chi connectivity index (χ3n) is 3.02. The van der Waals surface area contributed by atoms with Crippen molar-refractivity contribution in [2.24, 2.45) is 5.84 Å². The van der Waals surface area contributed by atoms with Crippen LogP contribution in [-0.4, -0.2) is 33.0 Å². The van der Waals surface area contributed by atoms with Gasteiger partial charge in [0.1, 0.15) is 5.03 Å². The van der Waals surface area contributed by atoms with Gasteiger partial charge in [-0.25, -0.2) is 10.8 Å². The van der Waals surface area contributed by atoms with E-state index < -0.39 is 0 Å². The van der Waals surface area contributed by atoms with Gasteiger partial charge < -0.3 is 4.90 Å². The molecule has 1 saturated heterocycles. The van der Waals surface area contributed by atoms with E-state index in [-0.39, 0.29) is 0 Å². The summed E-state index contributed by atoms with van der Waals surface area (Å²) in [7, 11) is 0. The molecular formula is C12H14BrN7S. The lowest BCUT2D eigenvalue weighted by Crippen LogP contribution is -2.22. The molecule has 1 aliphatic heterocycles. The number of nitrogen functional groups attached to an aromatic ring is 1. The van der Waals surface area contributed by atoms with Crippen LogP contribution in [0.15, 0.2) is 33.0 Å². The highest BCUT2D eigenvalue weighted by atomic mass is 79.9. The Bertz CT molecular complexity index is 616. The number of hydrogen-bond donors (Lipinski definition) is 2. The van der Waals surface area contributed by atoms with Crippen molar-refractivity contribution in [3.63, 3.8) is 0 Å². The van der Waals surface area contributed by atoms with Gasteiger partial charge in [0, 0.05) is 23.8 Å². The number of hydrazine groups is 1. The molecule has 0 aliphatic carbocycles. The minimum absolute atomic E-state index is 0.367. The van der Waals surface area contributed by atoms with Gasteiger partial charge in [-0.3, -0.25) is 5.43 Å². The number of rotatable bonds is 4. The maximum absolute atomic E-state index is 5.45. The van der Waals surface area contributed by atoms with Crippen molar-refractivity contribution in [2.75, 3.05) is 23.4 Å². The van der Waals surface area contributed by atoms with Gasteiger partial charge in [0.2, 0.25) is 17.1 Å². The summed E-state index contributed by atoms with van der Waals surface area (Å²) in [6, 6.07) is 3.84. The van der Waals surface area contributed by atoms with Crippen LogP contribution < -0.4 is 16.2 Å². The van der Waals surface area contributed by atoms with E-state index in [4.69, 9.17) is 5.84 Å². The molecule has 3 N–H and O–H groups in total. The van der Waals surface area contributed by atoms with E-state index in [0.717, 1.165) is 35.4 Å². The van der Waals surface area contributed by atoms with Crippen molar-refractivity contribution in [1.82, 2.24) is 19.9 Å². The Hall–Kier alpha value is -1.45. The third-order valence-corrected chi connectivity index (χ3v) is 4.30. The minimum Gasteiger partial charge on any atom is -0.341 e.